The standard InChI is InChI=1S/C10H17FN3O12P3/c1-5-3-14(10(15)13-9(5)12)8-2-6(11)7(24-8)4-23-28(19,20)26-29(21,22)25-27(16,17)18/h3,6-8H,2,4H2,1H3,(H,19,20)(H,21,22)(H2,12,13,15)(H2,16,17,18)/t6-,7+,8+/m0/s1. The van der Waals surface area contributed by atoms with E-state index in [0.29, 0.717) is 5.56 Å². The quantitative estimate of drug-likeness (QED) is 0.309. The normalized spacial score (nSPS) is 26.8. The number of nitrogen functional groups attached to an aromatic ring is 1. The lowest BCUT2D eigenvalue weighted by Gasteiger charge is -2.19. The minimum absolute atomic E-state index is 0.0229. The number of ether oxygens (including phenoxy) is 1. The van der Waals surface area contributed by atoms with Gasteiger partial charge in [0.25, 0.3) is 0 Å². The van der Waals surface area contributed by atoms with E-state index in [1.807, 2.05) is 0 Å². The summed E-state index contributed by atoms with van der Waals surface area (Å²) in [4.78, 5) is 50.7. The van der Waals surface area contributed by atoms with Crippen LogP contribution in [-0.4, -0.2) is 48.0 Å². The van der Waals surface area contributed by atoms with E-state index >= 15 is 0 Å². The predicted molar refractivity (Wildman–Crippen MR) is 90.9 cm³/mol. The van der Waals surface area contributed by atoms with Gasteiger partial charge in [-0.25, -0.2) is 22.9 Å². The molecule has 0 aromatic carbocycles. The Hall–Kier alpha value is -1.02. The second-order valence-electron chi connectivity index (χ2n) is 5.77. The van der Waals surface area contributed by atoms with Crippen LogP contribution in [0, 0.1) is 6.92 Å². The molecule has 19 heteroatoms. The molecule has 1 aliphatic rings. The van der Waals surface area contributed by atoms with Crippen molar-refractivity contribution in [1.82, 2.24) is 9.55 Å². The molecule has 5 atom stereocenters. The van der Waals surface area contributed by atoms with E-state index in [2.05, 4.69) is 18.1 Å². The van der Waals surface area contributed by atoms with E-state index in [-0.39, 0.29) is 12.2 Å². The number of hydrogen-bond donors (Lipinski definition) is 5. The molecule has 0 amide bonds. The molecule has 1 saturated heterocycles. The molecule has 1 fully saturated rings. The van der Waals surface area contributed by atoms with Gasteiger partial charge < -0.3 is 30.0 Å². The molecule has 0 saturated carbocycles. The summed E-state index contributed by atoms with van der Waals surface area (Å²) in [6.45, 7) is 0.574. The average Bonchev–Trinajstić information content (AvgIpc) is 2.86. The first-order chi connectivity index (χ1) is 13.1. The molecule has 15 nitrogen and oxygen atoms in total. The molecule has 166 valence electrons. The summed E-state index contributed by atoms with van der Waals surface area (Å²) in [7, 11) is -16.6. The Balaban J connectivity index is 2.02. The monoisotopic (exact) mass is 483 g/mol. The predicted octanol–water partition coefficient (Wildman–Crippen LogP) is 0.103. The fourth-order valence-electron chi connectivity index (χ4n) is 2.27. The first kappa shape index (κ1) is 24.3. The third-order valence-corrected chi connectivity index (χ3v) is 7.27. The highest BCUT2D eigenvalue weighted by Gasteiger charge is 2.43. The van der Waals surface area contributed by atoms with Crippen LogP contribution in [0.2, 0.25) is 0 Å². The van der Waals surface area contributed by atoms with Crippen LogP contribution in [-0.2, 0) is 31.6 Å². The molecule has 2 unspecified atom stereocenters. The van der Waals surface area contributed by atoms with Crippen molar-refractivity contribution in [1.29, 1.82) is 0 Å². The summed E-state index contributed by atoms with van der Waals surface area (Å²) in [6, 6.07) is 0. The number of hydrogen-bond acceptors (Lipinski definition) is 10. The van der Waals surface area contributed by atoms with Crippen molar-refractivity contribution in [2.75, 3.05) is 12.3 Å². The summed E-state index contributed by atoms with van der Waals surface area (Å²) in [6.07, 6.45) is -3.48. The molecule has 2 rings (SSSR count). The van der Waals surface area contributed by atoms with E-state index in [0.717, 1.165) is 4.57 Å². The van der Waals surface area contributed by atoms with Crippen LogP contribution < -0.4 is 11.4 Å². The maximum absolute atomic E-state index is 14.2. The minimum atomic E-state index is -5.69. The summed E-state index contributed by atoms with van der Waals surface area (Å²) in [5, 5.41) is 0. The van der Waals surface area contributed by atoms with Gasteiger partial charge in [-0.2, -0.15) is 13.6 Å². The largest absolute Gasteiger partial charge is 0.490 e. The van der Waals surface area contributed by atoms with E-state index in [1.165, 1.54) is 6.20 Å². The maximum atomic E-state index is 14.2. The Labute approximate surface area is 161 Å². The number of nitrogens with zero attached hydrogens (tertiary/aromatic N) is 2. The van der Waals surface area contributed by atoms with Crippen molar-refractivity contribution in [3.8, 4) is 0 Å². The molecule has 2 heterocycles. The van der Waals surface area contributed by atoms with E-state index in [1.54, 1.807) is 6.92 Å². The summed E-state index contributed by atoms with van der Waals surface area (Å²) >= 11 is 0. The molecular weight excluding hydrogens is 466 g/mol. The molecule has 0 radical (unpaired) electrons. The molecule has 1 aliphatic heterocycles. The number of anilines is 1. The van der Waals surface area contributed by atoms with Crippen LogP contribution in [0.15, 0.2) is 11.0 Å². The second-order valence-corrected chi connectivity index (χ2v) is 10.2. The summed E-state index contributed by atoms with van der Waals surface area (Å²) in [5.74, 6) is -0.0229. The Bertz CT molecular complexity index is 965. The van der Waals surface area contributed by atoms with Crippen molar-refractivity contribution >= 4 is 29.3 Å². The van der Waals surface area contributed by atoms with Gasteiger partial charge in [-0.1, -0.05) is 0 Å². The number of rotatable bonds is 8. The van der Waals surface area contributed by atoms with Crippen LogP contribution in [0.25, 0.3) is 0 Å². The smallest absolute Gasteiger partial charge is 0.383 e. The van der Waals surface area contributed by atoms with E-state index in [4.69, 9.17) is 25.2 Å². The topological polar surface area (TPSA) is 230 Å². The van der Waals surface area contributed by atoms with Gasteiger partial charge in [-0.3, -0.25) is 9.09 Å². The van der Waals surface area contributed by atoms with Crippen LogP contribution >= 0.6 is 23.5 Å². The van der Waals surface area contributed by atoms with Gasteiger partial charge in [0.05, 0.1) is 6.61 Å². The van der Waals surface area contributed by atoms with Crippen LogP contribution in [0.1, 0.15) is 18.2 Å². The van der Waals surface area contributed by atoms with Gasteiger partial charge in [-0.05, 0) is 6.92 Å². The average molecular weight is 483 g/mol. The van der Waals surface area contributed by atoms with Crippen molar-refractivity contribution in [2.45, 2.75) is 31.8 Å². The maximum Gasteiger partial charge on any atom is 0.490 e. The Morgan fingerprint density at radius 2 is 1.90 bits per heavy atom. The SMILES string of the molecule is Cc1cn([C@H]2C[C@H](F)[C@@H](COP(=O)(O)OP(=O)(O)OP(=O)(O)O)O2)c(=O)nc1N. The number of halogens is 1. The number of aryl methyl sites for hydroxylation is 1. The Morgan fingerprint density at radius 3 is 2.48 bits per heavy atom. The number of phosphoric acid groups is 3. The summed E-state index contributed by atoms with van der Waals surface area (Å²) in [5.41, 5.74) is 5.09. The number of alkyl halides is 1. The van der Waals surface area contributed by atoms with Crippen LogP contribution in [0.5, 0.6) is 0 Å². The second kappa shape index (κ2) is 8.61. The molecule has 29 heavy (non-hydrogen) atoms. The van der Waals surface area contributed by atoms with Crippen molar-refractivity contribution in [3.63, 3.8) is 0 Å². The highest BCUT2D eigenvalue weighted by Crippen LogP contribution is 2.66. The highest BCUT2D eigenvalue weighted by atomic mass is 31.3. The lowest BCUT2D eigenvalue weighted by Crippen LogP contribution is -2.29. The Morgan fingerprint density at radius 1 is 1.28 bits per heavy atom. The van der Waals surface area contributed by atoms with Gasteiger partial charge in [0.2, 0.25) is 0 Å². The number of aromatic nitrogens is 2. The van der Waals surface area contributed by atoms with E-state index < -0.39 is 54.3 Å². The zero-order chi connectivity index (χ0) is 22.2. The molecule has 0 spiro atoms. The van der Waals surface area contributed by atoms with Crippen molar-refractivity contribution in [2.24, 2.45) is 0 Å². The molecule has 1 aromatic rings. The summed E-state index contributed by atoms with van der Waals surface area (Å²) < 4.78 is 65.2. The van der Waals surface area contributed by atoms with Crippen molar-refractivity contribution < 1.29 is 55.5 Å². The first-order valence-electron chi connectivity index (χ1n) is 7.52. The lowest BCUT2D eigenvalue weighted by atomic mass is 10.2. The third-order valence-electron chi connectivity index (χ3n) is 3.46. The van der Waals surface area contributed by atoms with Crippen LogP contribution in [0.3, 0.4) is 0 Å². The van der Waals surface area contributed by atoms with Gasteiger partial charge in [0.15, 0.2) is 0 Å². The fraction of sp³-hybridized carbons (Fsp3) is 0.600. The van der Waals surface area contributed by atoms with Crippen LogP contribution in [0.4, 0.5) is 10.2 Å². The van der Waals surface area contributed by atoms with Gasteiger partial charge >= 0.3 is 29.2 Å². The zero-order valence-corrected chi connectivity index (χ0v) is 17.2. The van der Waals surface area contributed by atoms with Gasteiger partial charge in [0, 0.05) is 18.2 Å². The van der Waals surface area contributed by atoms with Crippen molar-refractivity contribution in [3.05, 3.63) is 22.2 Å². The molecule has 1 aromatic heterocycles. The number of nitrogens with two attached hydrogens (primary N) is 1. The zero-order valence-electron chi connectivity index (χ0n) is 14.5. The fourth-order valence-corrected chi connectivity index (χ4v) is 5.30. The molecule has 0 bridgehead atoms. The lowest BCUT2D eigenvalue weighted by molar-refractivity contribution is -0.0349. The molecular formula is C10H17FN3O12P3. The molecule has 6 N–H and O–H groups in total. The first-order valence-corrected chi connectivity index (χ1v) is 12.0. The Kier molecular flexibility index (Phi) is 7.20. The van der Waals surface area contributed by atoms with Gasteiger partial charge in [0.1, 0.15) is 24.3 Å². The van der Waals surface area contributed by atoms with E-state index in [9.17, 15) is 27.8 Å². The number of phosphoric ester groups is 1. The molecule has 0 aliphatic carbocycles. The third kappa shape index (κ3) is 7.02. The highest BCUT2D eigenvalue weighted by molar-refractivity contribution is 7.66. The van der Waals surface area contributed by atoms with Gasteiger partial charge in [-0.15, -0.1) is 0 Å². The minimum Gasteiger partial charge on any atom is -0.383 e.